The molecule has 100 valence electrons. The molecule has 0 aliphatic carbocycles. The molecule has 0 aliphatic heterocycles. The summed E-state index contributed by atoms with van der Waals surface area (Å²) < 4.78 is 0. The fourth-order valence-electron chi connectivity index (χ4n) is 2.27. The lowest BCUT2D eigenvalue weighted by Gasteiger charge is -2.20. The minimum absolute atomic E-state index is 0.147. The number of benzene rings is 2. The summed E-state index contributed by atoms with van der Waals surface area (Å²) in [6.45, 7) is 4.11. The average molecular weight is 294 g/mol. The molecule has 1 N–H and O–H groups in total. The Balaban J connectivity index is 2.47. The van der Waals surface area contributed by atoms with Gasteiger partial charge in [-0.3, -0.25) is 0 Å². The Bertz CT molecular complexity index is 576. The Hall–Kier alpha value is -1.02. The van der Waals surface area contributed by atoms with Gasteiger partial charge in [0.1, 0.15) is 0 Å². The molecule has 1 nitrogen and oxygen atoms in total. The van der Waals surface area contributed by atoms with Gasteiger partial charge < -0.3 is 5.32 Å². The first kappa shape index (κ1) is 14.4. The van der Waals surface area contributed by atoms with Crippen LogP contribution < -0.4 is 5.32 Å². The summed E-state index contributed by atoms with van der Waals surface area (Å²) in [5, 5.41) is 4.92. The van der Waals surface area contributed by atoms with E-state index < -0.39 is 0 Å². The normalized spacial score (nSPS) is 12.5. The van der Waals surface area contributed by atoms with Crippen LogP contribution in [0.2, 0.25) is 10.0 Å². The van der Waals surface area contributed by atoms with Crippen LogP contribution in [0.5, 0.6) is 0 Å². The van der Waals surface area contributed by atoms with Crippen molar-refractivity contribution in [1.82, 2.24) is 5.32 Å². The molecule has 0 amide bonds. The molecule has 1 atom stereocenters. The number of hydrogen-bond acceptors (Lipinski definition) is 1. The number of nitrogens with one attached hydrogen (secondary N) is 1. The molecule has 0 saturated carbocycles. The zero-order valence-electron chi connectivity index (χ0n) is 11.3. The maximum Gasteiger partial charge on any atom is 0.0577 e. The molecule has 3 heteroatoms. The van der Waals surface area contributed by atoms with E-state index in [2.05, 4.69) is 18.3 Å². The van der Waals surface area contributed by atoms with E-state index in [9.17, 15) is 0 Å². The van der Waals surface area contributed by atoms with Gasteiger partial charge in [-0.05, 0) is 61.3 Å². The summed E-state index contributed by atoms with van der Waals surface area (Å²) in [6.07, 6.45) is 0. The lowest BCUT2D eigenvalue weighted by molar-refractivity contribution is 0.687. The lowest BCUT2D eigenvalue weighted by atomic mass is 9.93. The highest BCUT2D eigenvalue weighted by molar-refractivity contribution is 6.31. The minimum Gasteiger partial charge on any atom is -0.309 e. The van der Waals surface area contributed by atoms with Crippen molar-refractivity contribution in [3.63, 3.8) is 0 Å². The Morgan fingerprint density at radius 3 is 2.16 bits per heavy atom. The van der Waals surface area contributed by atoms with Crippen LogP contribution in [0, 0.1) is 13.8 Å². The van der Waals surface area contributed by atoms with Crippen LogP contribution in [0.4, 0.5) is 0 Å². The van der Waals surface area contributed by atoms with Crippen LogP contribution in [0.3, 0.4) is 0 Å². The van der Waals surface area contributed by atoms with Crippen molar-refractivity contribution in [3.8, 4) is 0 Å². The van der Waals surface area contributed by atoms with Crippen LogP contribution in [0.25, 0.3) is 0 Å². The van der Waals surface area contributed by atoms with Crippen LogP contribution >= 0.6 is 23.2 Å². The molecule has 0 aromatic heterocycles. The molecular weight excluding hydrogens is 277 g/mol. The van der Waals surface area contributed by atoms with Crippen molar-refractivity contribution < 1.29 is 0 Å². The molecule has 19 heavy (non-hydrogen) atoms. The van der Waals surface area contributed by atoms with E-state index in [1.54, 1.807) is 0 Å². The van der Waals surface area contributed by atoms with E-state index >= 15 is 0 Å². The molecule has 2 rings (SSSR count). The van der Waals surface area contributed by atoms with Crippen LogP contribution in [0.1, 0.15) is 28.3 Å². The molecule has 1 unspecified atom stereocenters. The molecule has 0 heterocycles. The van der Waals surface area contributed by atoms with Crippen molar-refractivity contribution in [2.45, 2.75) is 19.9 Å². The largest absolute Gasteiger partial charge is 0.309 e. The molecule has 0 radical (unpaired) electrons. The van der Waals surface area contributed by atoms with Crippen LogP contribution in [0.15, 0.2) is 36.4 Å². The summed E-state index contributed by atoms with van der Waals surface area (Å²) in [5.41, 5.74) is 4.71. The topological polar surface area (TPSA) is 12.0 Å². The lowest BCUT2D eigenvalue weighted by Crippen LogP contribution is -2.18. The minimum atomic E-state index is 0.147. The van der Waals surface area contributed by atoms with E-state index in [1.807, 2.05) is 44.3 Å². The van der Waals surface area contributed by atoms with Gasteiger partial charge in [-0.1, -0.05) is 41.4 Å². The monoisotopic (exact) mass is 293 g/mol. The van der Waals surface area contributed by atoms with Crippen molar-refractivity contribution in [2.24, 2.45) is 0 Å². The van der Waals surface area contributed by atoms with Gasteiger partial charge in [-0.25, -0.2) is 0 Å². The smallest absolute Gasteiger partial charge is 0.0577 e. The maximum atomic E-state index is 6.16. The molecule has 0 aliphatic rings. The van der Waals surface area contributed by atoms with Gasteiger partial charge in [0.2, 0.25) is 0 Å². The number of hydrogen-bond donors (Lipinski definition) is 1. The van der Waals surface area contributed by atoms with Gasteiger partial charge >= 0.3 is 0 Å². The third-order valence-corrected chi connectivity index (χ3v) is 4.01. The van der Waals surface area contributed by atoms with Crippen molar-refractivity contribution in [1.29, 1.82) is 0 Å². The second-order valence-electron chi connectivity index (χ2n) is 4.73. The summed E-state index contributed by atoms with van der Waals surface area (Å²) in [5.74, 6) is 0. The first-order chi connectivity index (χ1) is 9.02. The highest BCUT2D eigenvalue weighted by atomic mass is 35.5. The van der Waals surface area contributed by atoms with E-state index in [0.717, 1.165) is 15.6 Å². The Labute approximate surface area is 124 Å². The molecule has 2 aromatic rings. The molecule has 0 fully saturated rings. The summed E-state index contributed by atoms with van der Waals surface area (Å²) >= 11 is 12.1. The highest BCUT2D eigenvalue weighted by Gasteiger charge is 2.15. The third-order valence-electron chi connectivity index (χ3n) is 3.35. The average Bonchev–Trinajstić information content (AvgIpc) is 2.38. The van der Waals surface area contributed by atoms with Gasteiger partial charge in [0.05, 0.1) is 6.04 Å². The third kappa shape index (κ3) is 3.11. The van der Waals surface area contributed by atoms with E-state index in [0.29, 0.717) is 0 Å². The van der Waals surface area contributed by atoms with E-state index in [4.69, 9.17) is 23.2 Å². The van der Waals surface area contributed by atoms with Gasteiger partial charge in [-0.2, -0.15) is 0 Å². The molecule has 2 aromatic carbocycles. The fraction of sp³-hybridized carbons (Fsp3) is 0.250. The first-order valence-electron chi connectivity index (χ1n) is 6.22. The van der Waals surface area contributed by atoms with Gasteiger partial charge in [0, 0.05) is 10.0 Å². The van der Waals surface area contributed by atoms with Gasteiger partial charge in [-0.15, -0.1) is 0 Å². The first-order valence-corrected chi connectivity index (χ1v) is 6.98. The summed E-state index contributed by atoms with van der Waals surface area (Å²) in [6, 6.07) is 12.2. The number of halogens is 2. The molecule has 0 bridgehead atoms. The predicted octanol–water partition coefficient (Wildman–Crippen LogP) is 4.92. The quantitative estimate of drug-likeness (QED) is 0.847. The standard InChI is InChI=1S/C16H17Cl2N/c1-10-9-15(18)11(2)8-14(10)16(19-3)12-4-6-13(17)7-5-12/h4-9,16,19H,1-3H3. The van der Waals surface area contributed by atoms with Gasteiger partial charge in [0.15, 0.2) is 0 Å². The van der Waals surface area contributed by atoms with Crippen molar-refractivity contribution in [3.05, 3.63) is 68.7 Å². The second kappa shape index (κ2) is 5.96. The Morgan fingerprint density at radius 1 is 0.947 bits per heavy atom. The van der Waals surface area contributed by atoms with Crippen molar-refractivity contribution in [2.75, 3.05) is 7.05 Å². The zero-order valence-corrected chi connectivity index (χ0v) is 12.8. The molecular formula is C16H17Cl2N. The van der Waals surface area contributed by atoms with Crippen LogP contribution in [-0.4, -0.2) is 7.05 Å². The Kier molecular flexibility index (Phi) is 4.51. The Morgan fingerprint density at radius 2 is 1.58 bits per heavy atom. The SMILES string of the molecule is CNC(c1ccc(Cl)cc1)c1cc(C)c(Cl)cc1C. The van der Waals surface area contributed by atoms with E-state index in [-0.39, 0.29) is 6.04 Å². The second-order valence-corrected chi connectivity index (χ2v) is 5.57. The number of rotatable bonds is 3. The predicted molar refractivity (Wildman–Crippen MR) is 83.3 cm³/mol. The highest BCUT2D eigenvalue weighted by Crippen LogP contribution is 2.29. The number of aryl methyl sites for hydroxylation is 2. The van der Waals surface area contributed by atoms with Crippen LogP contribution in [-0.2, 0) is 0 Å². The fourth-order valence-corrected chi connectivity index (χ4v) is 2.62. The summed E-state index contributed by atoms with van der Waals surface area (Å²) in [7, 11) is 1.96. The van der Waals surface area contributed by atoms with E-state index in [1.165, 1.54) is 16.7 Å². The van der Waals surface area contributed by atoms with Gasteiger partial charge in [0.25, 0.3) is 0 Å². The molecule has 0 spiro atoms. The maximum absolute atomic E-state index is 6.16. The summed E-state index contributed by atoms with van der Waals surface area (Å²) in [4.78, 5) is 0. The van der Waals surface area contributed by atoms with Crippen molar-refractivity contribution >= 4 is 23.2 Å². The molecule has 0 saturated heterocycles. The zero-order chi connectivity index (χ0) is 14.0.